The Labute approximate surface area is 163 Å². The third-order valence-electron chi connectivity index (χ3n) is 6.39. The van der Waals surface area contributed by atoms with E-state index in [2.05, 4.69) is 12.0 Å². The normalized spacial score (nSPS) is 27.2. The first-order valence-corrected chi connectivity index (χ1v) is 9.92. The van der Waals surface area contributed by atoms with Crippen molar-refractivity contribution in [2.45, 2.75) is 38.6 Å². The van der Waals surface area contributed by atoms with Crippen LogP contribution >= 0.6 is 11.6 Å². The molecule has 2 saturated carbocycles. The van der Waals surface area contributed by atoms with E-state index in [-0.39, 0.29) is 17.4 Å². The summed E-state index contributed by atoms with van der Waals surface area (Å²) in [4.78, 5) is 23.6. The SMILES string of the molecule is CC[C@@H](CC(=O)c1ccc(Cl)cc1)C1[C@H]2CC(n3cc(C(=O)O)cn3)C[C@@H]12. The molecule has 2 unspecified atom stereocenters. The molecule has 142 valence electrons. The molecule has 1 aromatic carbocycles. The van der Waals surface area contributed by atoms with Crippen LogP contribution in [0.25, 0.3) is 0 Å². The third kappa shape index (κ3) is 3.53. The van der Waals surface area contributed by atoms with Gasteiger partial charge in [0.2, 0.25) is 0 Å². The van der Waals surface area contributed by atoms with E-state index in [1.165, 1.54) is 6.20 Å². The van der Waals surface area contributed by atoms with Gasteiger partial charge in [-0.2, -0.15) is 5.10 Å². The predicted octanol–water partition coefficient (Wildman–Crippen LogP) is 4.73. The van der Waals surface area contributed by atoms with Crippen molar-refractivity contribution in [2.75, 3.05) is 0 Å². The maximum atomic E-state index is 12.6. The molecule has 27 heavy (non-hydrogen) atoms. The van der Waals surface area contributed by atoms with Crippen LogP contribution in [0.2, 0.25) is 5.02 Å². The molecule has 2 fully saturated rings. The molecule has 0 radical (unpaired) electrons. The van der Waals surface area contributed by atoms with Crippen LogP contribution in [-0.2, 0) is 0 Å². The van der Waals surface area contributed by atoms with Crippen LogP contribution in [0, 0.1) is 23.7 Å². The number of carbonyl (C=O) groups excluding carboxylic acids is 1. The Bertz CT molecular complexity index is 849. The molecule has 1 N–H and O–H groups in total. The number of hydrogen-bond acceptors (Lipinski definition) is 3. The molecular formula is C21H23ClN2O3. The Morgan fingerprint density at radius 2 is 1.89 bits per heavy atom. The Hall–Kier alpha value is -2.14. The minimum atomic E-state index is -0.936. The van der Waals surface area contributed by atoms with Gasteiger partial charge in [0.1, 0.15) is 0 Å². The Kier molecular flexibility index (Phi) is 4.81. The smallest absolute Gasteiger partial charge is 0.338 e. The number of fused-ring (bicyclic) bond motifs is 1. The fourth-order valence-electron chi connectivity index (χ4n) is 4.97. The fourth-order valence-corrected chi connectivity index (χ4v) is 5.10. The van der Waals surface area contributed by atoms with Gasteiger partial charge in [0, 0.05) is 23.2 Å². The molecule has 2 aliphatic carbocycles. The van der Waals surface area contributed by atoms with Gasteiger partial charge in [-0.15, -0.1) is 0 Å². The highest BCUT2D eigenvalue weighted by Gasteiger charge is 2.58. The zero-order valence-corrected chi connectivity index (χ0v) is 16.0. The van der Waals surface area contributed by atoms with Crippen molar-refractivity contribution < 1.29 is 14.7 Å². The Morgan fingerprint density at radius 3 is 2.44 bits per heavy atom. The Morgan fingerprint density at radius 1 is 1.22 bits per heavy atom. The van der Waals surface area contributed by atoms with Crippen LogP contribution in [-0.4, -0.2) is 26.6 Å². The molecule has 2 aromatic rings. The van der Waals surface area contributed by atoms with Gasteiger partial charge < -0.3 is 5.11 Å². The topological polar surface area (TPSA) is 72.2 Å². The van der Waals surface area contributed by atoms with Crippen LogP contribution in [0.1, 0.15) is 59.4 Å². The van der Waals surface area contributed by atoms with E-state index in [0.717, 1.165) is 24.8 Å². The van der Waals surface area contributed by atoms with Crippen molar-refractivity contribution in [1.82, 2.24) is 9.78 Å². The zero-order valence-electron chi connectivity index (χ0n) is 15.2. The average Bonchev–Trinajstić information content (AvgIpc) is 3.05. The number of rotatable bonds is 7. The summed E-state index contributed by atoms with van der Waals surface area (Å²) in [5.41, 5.74) is 0.978. The molecule has 0 saturated heterocycles. The number of aromatic carboxylic acids is 1. The second-order valence-corrected chi connectivity index (χ2v) is 8.28. The van der Waals surface area contributed by atoms with Gasteiger partial charge >= 0.3 is 5.97 Å². The van der Waals surface area contributed by atoms with Crippen molar-refractivity contribution in [2.24, 2.45) is 23.7 Å². The molecule has 6 heteroatoms. The minimum Gasteiger partial charge on any atom is -0.478 e. The van der Waals surface area contributed by atoms with E-state index in [1.54, 1.807) is 30.5 Å². The lowest BCUT2D eigenvalue weighted by Gasteiger charge is -2.20. The third-order valence-corrected chi connectivity index (χ3v) is 6.64. The number of aromatic nitrogens is 2. The molecular weight excluding hydrogens is 364 g/mol. The number of Topliss-reactive ketones (excluding diaryl/α,β-unsaturated/α-hetero) is 1. The quantitative estimate of drug-likeness (QED) is 0.698. The summed E-state index contributed by atoms with van der Waals surface area (Å²) in [5, 5.41) is 13.9. The highest BCUT2D eigenvalue weighted by molar-refractivity contribution is 6.30. The number of ketones is 1. The van der Waals surface area contributed by atoms with Gasteiger partial charge in [-0.05, 0) is 60.8 Å². The molecule has 1 heterocycles. The van der Waals surface area contributed by atoms with E-state index in [9.17, 15) is 9.59 Å². The van der Waals surface area contributed by atoms with Gasteiger partial charge in [-0.1, -0.05) is 24.9 Å². The molecule has 2 aliphatic rings. The molecule has 0 aliphatic heterocycles. The highest BCUT2D eigenvalue weighted by atomic mass is 35.5. The summed E-state index contributed by atoms with van der Waals surface area (Å²) < 4.78 is 1.81. The first-order valence-electron chi connectivity index (χ1n) is 9.54. The summed E-state index contributed by atoms with van der Waals surface area (Å²) in [5.74, 6) is 1.55. The number of nitrogens with zero attached hydrogens (tertiary/aromatic N) is 2. The van der Waals surface area contributed by atoms with Gasteiger partial charge in [0.25, 0.3) is 0 Å². The van der Waals surface area contributed by atoms with Crippen molar-refractivity contribution in [3.8, 4) is 0 Å². The maximum absolute atomic E-state index is 12.6. The second kappa shape index (κ2) is 7.12. The van der Waals surface area contributed by atoms with Crippen LogP contribution in [0.15, 0.2) is 36.7 Å². The molecule has 1 aromatic heterocycles. The van der Waals surface area contributed by atoms with Crippen molar-refractivity contribution >= 4 is 23.4 Å². The minimum absolute atomic E-state index is 0.193. The van der Waals surface area contributed by atoms with E-state index in [4.69, 9.17) is 16.7 Å². The summed E-state index contributed by atoms with van der Waals surface area (Å²) in [6.07, 6.45) is 6.71. The van der Waals surface area contributed by atoms with Gasteiger partial charge in [0.05, 0.1) is 17.8 Å². The second-order valence-electron chi connectivity index (χ2n) is 7.85. The fraction of sp³-hybridized carbons (Fsp3) is 0.476. The Balaban J connectivity index is 1.36. The molecule has 5 atom stereocenters. The number of carboxylic acids is 1. The van der Waals surface area contributed by atoms with Crippen molar-refractivity contribution in [3.05, 3.63) is 52.8 Å². The number of benzene rings is 1. The molecule has 0 amide bonds. The van der Waals surface area contributed by atoms with Gasteiger partial charge in [-0.25, -0.2) is 4.79 Å². The largest absolute Gasteiger partial charge is 0.478 e. The lowest BCUT2D eigenvalue weighted by molar-refractivity contribution is 0.0696. The maximum Gasteiger partial charge on any atom is 0.338 e. The molecule has 4 rings (SSSR count). The summed E-state index contributed by atoms with van der Waals surface area (Å²) in [6.45, 7) is 2.16. The van der Waals surface area contributed by atoms with E-state index in [1.807, 2.05) is 4.68 Å². The number of carboxylic acid groups (broad SMARTS) is 1. The van der Waals surface area contributed by atoms with Gasteiger partial charge in [0.15, 0.2) is 5.78 Å². The van der Waals surface area contributed by atoms with E-state index >= 15 is 0 Å². The number of halogens is 1. The molecule has 0 bridgehead atoms. The molecule has 5 nitrogen and oxygen atoms in total. The zero-order chi connectivity index (χ0) is 19.1. The standard InChI is InChI=1S/C21H23ClN2O3/c1-2-12(7-19(25)13-3-5-15(22)6-4-13)20-17-8-16(9-18(17)20)24-11-14(10-23-24)21(26)27/h3-6,10-12,16-18,20H,2,7-9H2,1H3,(H,26,27)/t12-,16?,17-,18+,20?/m0/s1. The van der Waals surface area contributed by atoms with Crippen LogP contribution in [0.4, 0.5) is 0 Å². The molecule has 0 spiro atoms. The summed E-state index contributed by atoms with van der Waals surface area (Å²) in [7, 11) is 0. The van der Waals surface area contributed by atoms with Crippen molar-refractivity contribution in [1.29, 1.82) is 0 Å². The number of carbonyl (C=O) groups is 2. The van der Waals surface area contributed by atoms with E-state index in [0.29, 0.717) is 35.1 Å². The lowest BCUT2D eigenvalue weighted by Crippen LogP contribution is -2.16. The number of hydrogen-bond donors (Lipinski definition) is 1. The summed E-state index contributed by atoms with van der Waals surface area (Å²) >= 11 is 5.91. The van der Waals surface area contributed by atoms with E-state index < -0.39 is 5.97 Å². The van der Waals surface area contributed by atoms with Crippen LogP contribution in [0.3, 0.4) is 0 Å². The first-order chi connectivity index (χ1) is 13.0. The van der Waals surface area contributed by atoms with Crippen molar-refractivity contribution in [3.63, 3.8) is 0 Å². The van der Waals surface area contributed by atoms with Crippen LogP contribution in [0.5, 0.6) is 0 Å². The average molecular weight is 387 g/mol. The predicted molar refractivity (Wildman–Crippen MR) is 102 cm³/mol. The van der Waals surface area contributed by atoms with Crippen LogP contribution < -0.4 is 0 Å². The lowest BCUT2D eigenvalue weighted by atomic mass is 9.87. The monoisotopic (exact) mass is 386 g/mol. The highest BCUT2D eigenvalue weighted by Crippen LogP contribution is 2.64. The first kappa shape index (κ1) is 18.2. The summed E-state index contributed by atoms with van der Waals surface area (Å²) in [6, 6.07) is 7.43. The van der Waals surface area contributed by atoms with Gasteiger partial charge in [-0.3, -0.25) is 9.48 Å².